The Balaban J connectivity index is 1.79. The number of hydrogen-bond acceptors (Lipinski definition) is 5. The third-order valence-electron chi connectivity index (χ3n) is 3.36. The van der Waals surface area contributed by atoms with Gasteiger partial charge in [-0.25, -0.2) is 4.98 Å². The predicted molar refractivity (Wildman–Crippen MR) is 77.6 cm³/mol. The zero-order chi connectivity index (χ0) is 13.8. The van der Waals surface area contributed by atoms with Gasteiger partial charge in [-0.2, -0.15) is 5.26 Å². The number of fused-ring (bicyclic) bond motifs is 1. The molecule has 1 saturated heterocycles. The number of ether oxygens (including phenoxy) is 1. The van der Waals surface area contributed by atoms with Gasteiger partial charge >= 0.3 is 0 Å². The Kier molecular flexibility index (Phi) is 3.77. The average Bonchev–Trinajstić information content (AvgIpc) is 2.53. The van der Waals surface area contributed by atoms with E-state index in [2.05, 4.69) is 21.7 Å². The highest BCUT2D eigenvalue weighted by Gasteiger charge is 2.13. The summed E-state index contributed by atoms with van der Waals surface area (Å²) in [5.74, 6) is 0.729. The fraction of sp³-hybridized carbons (Fsp3) is 0.333. The van der Waals surface area contributed by atoms with E-state index in [0.29, 0.717) is 12.2 Å². The van der Waals surface area contributed by atoms with Crippen molar-refractivity contribution in [1.29, 1.82) is 5.26 Å². The molecule has 0 bridgehead atoms. The third-order valence-corrected chi connectivity index (χ3v) is 3.36. The van der Waals surface area contributed by atoms with Crippen molar-refractivity contribution in [2.45, 2.75) is 6.04 Å². The maximum Gasteiger partial charge on any atom is 0.128 e. The fourth-order valence-electron chi connectivity index (χ4n) is 2.34. The van der Waals surface area contributed by atoms with Crippen LogP contribution in [0.3, 0.4) is 0 Å². The van der Waals surface area contributed by atoms with Gasteiger partial charge in [0.15, 0.2) is 0 Å². The molecule has 5 nitrogen and oxygen atoms in total. The summed E-state index contributed by atoms with van der Waals surface area (Å²) in [6, 6.07) is 12.0. The predicted octanol–water partition coefficient (Wildman–Crippen LogP) is 1.51. The zero-order valence-electron chi connectivity index (χ0n) is 11.1. The molecule has 0 saturated carbocycles. The van der Waals surface area contributed by atoms with Crippen molar-refractivity contribution < 1.29 is 4.74 Å². The summed E-state index contributed by atoms with van der Waals surface area (Å²) in [6.45, 7) is 3.08. The lowest BCUT2D eigenvalue weighted by atomic mass is 10.1. The molecule has 0 radical (unpaired) electrons. The molecular weight excluding hydrogens is 252 g/mol. The number of para-hydroxylation sites is 1. The van der Waals surface area contributed by atoms with E-state index in [1.165, 1.54) is 0 Å². The van der Waals surface area contributed by atoms with Crippen LogP contribution in [0.4, 0.5) is 5.82 Å². The first-order valence-corrected chi connectivity index (χ1v) is 6.72. The second kappa shape index (κ2) is 5.87. The lowest BCUT2D eigenvalue weighted by Gasteiger charge is -2.24. The van der Waals surface area contributed by atoms with Crippen LogP contribution in [0.1, 0.15) is 5.56 Å². The summed E-state index contributed by atoms with van der Waals surface area (Å²) in [5.41, 5.74) is 1.48. The summed E-state index contributed by atoms with van der Waals surface area (Å²) < 4.78 is 5.41. The SMILES string of the molecule is N#Cc1cc(NCC2COCCN2)nc2ccccc12. The molecule has 3 rings (SSSR count). The number of pyridine rings is 1. The summed E-state index contributed by atoms with van der Waals surface area (Å²) >= 11 is 0. The first-order valence-electron chi connectivity index (χ1n) is 6.72. The molecule has 1 aromatic carbocycles. The van der Waals surface area contributed by atoms with Crippen LogP contribution in [-0.2, 0) is 4.74 Å². The molecule has 102 valence electrons. The van der Waals surface area contributed by atoms with Crippen molar-refractivity contribution >= 4 is 16.7 Å². The first-order chi connectivity index (χ1) is 9.86. The molecule has 0 spiro atoms. The van der Waals surface area contributed by atoms with E-state index < -0.39 is 0 Å². The van der Waals surface area contributed by atoms with Gasteiger partial charge in [-0.1, -0.05) is 18.2 Å². The van der Waals surface area contributed by atoms with Crippen LogP contribution in [0.2, 0.25) is 0 Å². The number of morpholine rings is 1. The second-order valence-corrected chi connectivity index (χ2v) is 4.79. The molecule has 5 heteroatoms. The van der Waals surface area contributed by atoms with Crippen LogP contribution >= 0.6 is 0 Å². The standard InChI is InChI=1S/C15H16N4O/c16-8-11-7-15(18-9-12-10-20-6-5-17-12)19-14-4-2-1-3-13(11)14/h1-4,7,12,17H,5-6,9-10H2,(H,18,19). The van der Waals surface area contributed by atoms with Gasteiger partial charge in [0.25, 0.3) is 0 Å². The van der Waals surface area contributed by atoms with Gasteiger partial charge in [0.2, 0.25) is 0 Å². The first kappa shape index (κ1) is 12.9. The van der Waals surface area contributed by atoms with Crippen molar-refractivity contribution in [2.75, 3.05) is 31.6 Å². The smallest absolute Gasteiger partial charge is 0.128 e. The number of rotatable bonds is 3. The van der Waals surface area contributed by atoms with Crippen molar-refractivity contribution in [1.82, 2.24) is 10.3 Å². The van der Waals surface area contributed by atoms with Crippen LogP contribution < -0.4 is 10.6 Å². The zero-order valence-corrected chi connectivity index (χ0v) is 11.1. The fourth-order valence-corrected chi connectivity index (χ4v) is 2.34. The van der Waals surface area contributed by atoms with Gasteiger partial charge in [0.05, 0.1) is 30.4 Å². The highest BCUT2D eigenvalue weighted by Crippen LogP contribution is 2.19. The van der Waals surface area contributed by atoms with Crippen LogP contribution in [-0.4, -0.2) is 37.3 Å². The van der Waals surface area contributed by atoms with Gasteiger partial charge in [0.1, 0.15) is 5.82 Å². The van der Waals surface area contributed by atoms with E-state index >= 15 is 0 Å². The summed E-state index contributed by atoms with van der Waals surface area (Å²) in [5, 5.41) is 16.8. The monoisotopic (exact) mass is 268 g/mol. The minimum atomic E-state index is 0.280. The van der Waals surface area contributed by atoms with E-state index in [4.69, 9.17) is 4.74 Å². The third kappa shape index (κ3) is 2.72. The van der Waals surface area contributed by atoms with E-state index in [0.717, 1.165) is 36.4 Å². The topological polar surface area (TPSA) is 70.0 Å². The molecule has 1 fully saturated rings. The maximum absolute atomic E-state index is 9.24. The minimum absolute atomic E-state index is 0.280. The van der Waals surface area contributed by atoms with Crippen LogP contribution in [0, 0.1) is 11.3 Å². The Morgan fingerprint density at radius 2 is 2.35 bits per heavy atom. The normalized spacial score (nSPS) is 18.6. The summed E-state index contributed by atoms with van der Waals surface area (Å²) in [7, 11) is 0. The Labute approximate surface area is 117 Å². The van der Waals surface area contributed by atoms with Crippen molar-refractivity contribution in [3.05, 3.63) is 35.9 Å². The Morgan fingerprint density at radius 3 is 3.15 bits per heavy atom. The highest BCUT2D eigenvalue weighted by molar-refractivity contribution is 5.86. The van der Waals surface area contributed by atoms with E-state index in [1.54, 1.807) is 6.07 Å². The van der Waals surface area contributed by atoms with Gasteiger partial charge in [0, 0.05) is 24.5 Å². The molecule has 2 aromatic rings. The van der Waals surface area contributed by atoms with E-state index in [-0.39, 0.29) is 6.04 Å². The molecular formula is C15H16N4O. The molecule has 2 heterocycles. The summed E-state index contributed by atoms with van der Waals surface area (Å²) in [4.78, 5) is 4.54. The Morgan fingerprint density at radius 1 is 1.45 bits per heavy atom. The number of aromatic nitrogens is 1. The molecule has 1 atom stereocenters. The van der Waals surface area contributed by atoms with Crippen LogP contribution in [0.15, 0.2) is 30.3 Å². The van der Waals surface area contributed by atoms with Gasteiger partial charge in [-0.3, -0.25) is 0 Å². The van der Waals surface area contributed by atoms with Crippen molar-refractivity contribution in [2.24, 2.45) is 0 Å². The molecule has 1 aliphatic rings. The van der Waals surface area contributed by atoms with Crippen molar-refractivity contribution in [3.8, 4) is 6.07 Å². The van der Waals surface area contributed by atoms with E-state index in [1.807, 2.05) is 24.3 Å². The molecule has 2 N–H and O–H groups in total. The average molecular weight is 268 g/mol. The van der Waals surface area contributed by atoms with Crippen LogP contribution in [0.5, 0.6) is 0 Å². The molecule has 0 aliphatic carbocycles. The summed E-state index contributed by atoms with van der Waals surface area (Å²) in [6.07, 6.45) is 0. The number of anilines is 1. The molecule has 20 heavy (non-hydrogen) atoms. The molecule has 1 aliphatic heterocycles. The lowest BCUT2D eigenvalue weighted by Crippen LogP contribution is -2.45. The van der Waals surface area contributed by atoms with Gasteiger partial charge in [-0.15, -0.1) is 0 Å². The van der Waals surface area contributed by atoms with Gasteiger partial charge in [-0.05, 0) is 12.1 Å². The number of hydrogen-bond donors (Lipinski definition) is 2. The maximum atomic E-state index is 9.24. The second-order valence-electron chi connectivity index (χ2n) is 4.79. The van der Waals surface area contributed by atoms with Gasteiger partial charge < -0.3 is 15.4 Å². The quantitative estimate of drug-likeness (QED) is 0.883. The van der Waals surface area contributed by atoms with Crippen LogP contribution in [0.25, 0.3) is 10.9 Å². The molecule has 0 amide bonds. The number of nitriles is 1. The largest absolute Gasteiger partial charge is 0.378 e. The minimum Gasteiger partial charge on any atom is -0.378 e. The van der Waals surface area contributed by atoms with E-state index in [9.17, 15) is 5.26 Å². The molecule has 1 aromatic heterocycles. The Bertz CT molecular complexity index is 644. The highest BCUT2D eigenvalue weighted by atomic mass is 16.5. The molecule has 1 unspecified atom stereocenters. The lowest BCUT2D eigenvalue weighted by molar-refractivity contribution is 0.0806. The Hall–Kier alpha value is -2.16. The number of nitrogens with one attached hydrogen (secondary N) is 2. The number of benzene rings is 1. The van der Waals surface area contributed by atoms with Crippen molar-refractivity contribution in [3.63, 3.8) is 0 Å². The number of nitrogens with zero attached hydrogens (tertiary/aromatic N) is 2.